The quantitative estimate of drug-likeness (QED) is 0.225. The van der Waals surface area contributed by atoms with E-state index < -0.39 is 11.7 Å². The van der Waals surface area contributed by atoms with E-state index in [1.165, 1.54) is 0 Å². The zero-order valence-electron chi connectivity index (χ0n) is 19.4. The monoisotopic (exact) mass is 463 g/mol. The Balaban J connectivity index is 1.24. The number of anilines is 1. The van der Waals surface area contributed by atoms with E-state index in [1.807, 2.05) is 36.4 Å². The van der Waals surface area contributed by atoms with Crippen molar-refractivity contribution in [3.05, 3.63) is 83.7 Å². The average molecular weight is 464 g/mol. The molecule has 1 aliphatic heterocycles. The van der Waals surface area contributed by atoms with E-state index in [0.717, 1.165) is 51.0 Å². The van der Waals surface area contributed by atoms with Crippen LogP contribution in [0.1, 0.15) is 23.2 Å². The van der Waals surface area contributed by atoms with Gasteiger partial charge in [0, 0.05) is 36.4 Å². The number of fused-ring (bicyclic) bond motifs is 5. The number of carbonyl (C=O) groups is 2. The van der Waals surface area contributed by atoms with E-state index in [2.05, 4.69) is 46.3 Å². The first-order valence-corrected chi connectivity index (χ1v) is 11.8. The van der Waals surface area contributed by atoms with E-state index >= 15 is 0 Å². The maximum absolute atomic E-state index is 12.4. The summed E-state index contributed by atoms with van der Waals surface area (Å²) in [4.78, 5) is 29.7. The Morgan fingerprint density at radius 1 is 0.886 bits per heavy atom. The highest BCUT2D eigenvalue weighted by Crippen LogP contribution is 2.28. The second-order valence-electron chi connectivity index (χ2n) is 8.85. The van der Waals surface area contributed by atoms with Crippen molar-refractivity contribution in [2.75, 3.05) is 18.0 Å². The van der Waals surface area contributed by atoms with Crippen molar-refractivity contribution in [2.45, 2.75) is 12.8 Å². The molecular formula is C28H25N5O2. The molecule has 5 aromatic rings. The lowest BCUT2D eigenvalue weighted by Gasteiger charge is -2.16. The third-order valence-corrected chi connectivity index (χ3v) is 6.77. The van der Waals surface area contributed by atoms with Gasteiger partial charge in [-0.05, 0) is 37.1 Å². The summed E-state index contributed by atoms with van der Waals surface area (Å²) in [6, 6.07) is 23.7. The smallest absolute Gasteiger partial charge is 0.299 e. The van der Waals surface area contributed by atoms with Crippen molar-refractivity contribution in [3.63, 3.8) is 0 Å². The molecule has 0 bridgehead atoms. The Labute approximate surface area is 201 Å². The largest absolute Gasteiger partial charge is 0.341 e. The Morgan fingerprint density at radius 3 is 2.51 bits per heavy atom. The molecule has 6 rings (SSSR count). The highest BCUT2D eigenvalue weighted by molar-refractivity contribution is 6.52. The number of aryl methyl sites for hydroxylation is 1. The van der Waals surface area contributed by atoms with Crippen LogP contribution in [0.25, 0.3) is 32.8 Å². The second kappa shape index (κ2) is 8.43. The molecule has 1 aliphatic rings. The van der Waals surface area contributed by atoms with Crippen LogP contribution >= 0.6 is 0 Å². The number of unbranched alkanes of at least 4 members (excludes halogenated alkanes) is 1. The van der Waals surface area contributed by atoms with E-state index in [-0.39, 0.29) is 0 Å². The summed E-state index contributed by atoms with van der Waals surface area (Å²) in [5, 5.41) is 9.07. The van der Waals surface area contributed by atoms with Crippen molar-refractivity contribution in [3.8, 4) is 0 Å². The van der Waals surface area contributed by atoms with Gasteiger partial charge in [0.05, 0.1) is 22.2 Å². The van der Waals surface area contributed by atoms with Gasteiger partial charge in [-0.1, -0.05) is 48.5 Å². The van der Waals surface area contributed by atoms with E-state index in [0.29, 0.717) is 24.3 Å². The lowest BCUT2D eigenvalue weighted by molar-refractivity contribution is -0.114. The number of H-pyrrole nitrogens is 1. The number of para-hydroxylation sites is 3. The zero-order chi connectivity index (χ0) is 23.9. The Morgan fingerprint density at radius 2 is 1.63 bits per heavy atom. The number of Topliss-reactive ketones (excluding diaryl/α,β-unsaturated/α-hetero) is 1. The van der Waals surface area contributed by atoms with Crippen molar-refractivity contribution < 1.29 is 9.59 Å². The van der Waals surface area contributed by atoms with Crippen molar-refractivity contribution in [1.82, 2.24) is 15.0 Å². The summed E-state index contributed by atoms with van der Waals surface area (Å²) in [5.74, 6) is -0.852. The number of hydrogen-bond acceptors (Lipinski definition) is 4. The third kappa shape index (κ3) is 3.39. The van der Waals surface area contributed by atoms with Gasteiger partial charge in [0.2, 0.25) is 0 Å². The summed E-state index contributed by atoms with van der Waals surface area (Å²) in [6.45, 7) is 1.18. The summed E-state index contributed by atoms with van der Waals surface area (Å²) in [6.07, 6.45) is 1.59. The van der Waals surface area contributed by atoms with E-state index in [4.69, 9.17) is 5.10 Å². The topological polar surface area (TPSA) is 82.5 Å². The van der Waals surface area contributed by atoms with Crippen LogP contribution < -0.4 is 15.7 Å². The van der Waals surface area contributed by atoms with Gasteiger partial charge >= 0.3 is 0 Å². The van der Waals surface area contributed by atoms with Crippen LogP contribution in [-0.2, 0) is 11.8 Å². The predicted octanol–water partition coefficient (Wildman–Crippen LogP) is 4.23. The van der Waals surface area contributed by atoms with Crippen LogP contribution in [0.2, 0.25) is 0 Å². The van der Waals surface area contributed by atoms with Crippen LogP contribution in [0.15, 0.2) is 77.9 Å². The van der Waals surface area contributed by atoms with Gasteiger partial charge < -0.3 is 19.9 Å². The molecule has 0 saturated carbocycles. The fourth-order valence-corrected chi connectivity index (χ4v) is 5.04. The normalized spacial score (nSPS) is 14.0. The van der Waals surface area contributed by atoms with Gasteiger partial charge in [-0.2, -0.15) is 5.10 Å². The van der Waals surface area contributed by atoms with Crippen LogP contribution in [0.5, 0.6) is 0 Å². The number of nitrogens with zero attached hydrogens (tertiary/aromatic N) is 3. The fraction of sp³-hybridized carbons (Fsp3) is 0.179. The SMILES string of the molecule is Cn1c2ccccc2/c(=N\NCCCCN2C(=O)C(=O)c3ccccc32)c2c3ccccc3[nH]c21. The van der Waals surface area contributed by atoms with Gasteiger partial charge in [-0.3, -0.25) is 9.59 Å². The first-order chi connectivity index (χ1) is 17.1. The number of carbonyl (C=O) groups excluding carboxylic acids is 2. The average Bonchev–Trinajstić information content (AvgIpc) is 3.39. The molecule has 0 fully saturated rings. The van der Waals surface area contributed by atoms with Gasteiger partial charge in [0.25, 0.3) is 11.7 Å². The third-order valence-electron chi connectivity index (χ3n) is 6.77. The predicted molar refractivity (Wildman–Crippen MR) is 138 cm³/mol. The number of ketones is 1. The Hall–Kier alpha value is -4.39. The number of hydrogen-bond donors (Lipinski definition) is 2. The standard InChI is InChI=1S/C28H25N5O2/c1-32-22-14-6-3-11-19(22)25(24-18-10-2-5-13-21(18)30-27(24)32)31-29-16-8-9-17-33-23-15-7-4-12-20(23)26(34)28(33)35/h2-7,10-15,29-30H,8-9,16-17H2,1H3/b31-25+. The Bertz CT molecular complexity index is 1690. The minimum Gasteiger partial charge on any atom is -0.341 e. The number of benzene rings is 3. The number of aromatic nitrogens is 2. The van der Waals surface area contributed by atoms with Crippen molar-refractivity contribution >= 4 is 50.2 Å². The molecule has 7 nitrogen and oxygen atoms in total. The number of aromatic amines is 1. The summed E-state index contributed by atoms with van der Waals surface area (Å²) in [5.41, 5.74) is 7.67. The van der Waals surface area contributed by atoms with Crippen molar-refractivity contribution in [1.29, 1.82) is 0 Å². The fourth-order valence-electron chi connectivity index (χ4n) is 5.04. The number of rotatable bonds is 6. The minimum atomic E-state index is -0.436. The molecule has 3 heterocycles. The number of nitrogens with one attached hydrogen (secondary N) is 2. The van der Waals surface area contributed by atoms with Gasteiger partial charge in [0.15, 0.2) is 0 Å². The molecule has 1 amide bonds. The van der Waals surface area contributed by atoms with E-state index in [9.17, 15) is 9.59 Å². The first kappa shape index (κ1) is 21.2. The lowest BCUT2D eigenvalue weighted by atomic mass is 10.1. The van der Waals surface area contributed by atoms with Gasteiger partial charge in [0.1, 0.15) is 11.0 Å². The zero-order valence-corrected chi connectivity index (χ0v) is 19.4. The molecule has 0 aliphatic carbocycles. The molecule has 0 unspecified atom stereocenters. The van der Waals surface area contributed by atoms with Crippen LogP contribution in [-0.4, -0.2) is 34.3 Å². The Kier molecular flexibility index (Phi) is 5.10. The van der Waals surface area contributed by atoms with Crippen LogP contribution in [0.3, 0.4) is 0 Å². The first-order valence-electron chi connectivity index (χ1n) is 11.8. The highest BCUT2D eigenvalue weighted by Gasteiger charge is 2.34. The molecule has 0 spiro atoms. The summed E-state index contributed by atoms with van der Waals surface area (Å²) < 4.78 is 2.18. The molecule has 2 N–H and O–H groups in total. The number of amides is 1. The molecule has 3 aromatic carbocycles. The molecule has 174 valence electrons. The van der Waals surface area contributed by atoms with Gasteiger partial charge in [-0.15, -0.1) is 0 Å². The maximum Gasteiger partial charge on any atom is 0.299 e. The molecular weight excluding hydrogens is 438 g/mol. The molecule has 0 radical (unpaired) electrons. The molecule has 7 heteroatoms. The summed E-state index contributed by atoms with van der Waals surface area (Å²) in [7, 11) is 2.07. The molecule has 0 saturated heterocycles. The maximum atomic E-state index is 12.4. The molecule has 2 aromatic heterocycles. The van der Waals surface area contributed by atoms with Gasteiger partial charge in [-0.25, -0.2) is 0 Å². The molecule has 0 atom stereocenters. The minimum absolute atomic E-state index is 0.416. The van der Waals surface area contributed by atoms with E-state index in [1.54, 1.807) is 17.0 Å². The summed E-state index contributed by atoms with van der Waals surface area (Å²) >= 11 is 0. The number of pyridine rings is 1. The second-order valence-corrected chi connectivity index (χ2v) is 8.85. The lowest BCUT2D eigenvalue weighted by Crippen LogP contribution is -2.31. The highest BCUT2D eigenvalue weighted by atomic mass is 16.2. The van der Waals surface area contributed by atoms with Crippen molar-refractivity contribution in [2.24, 2.45) is 12.1 Å². The van der Waals surface area contributed by atoms with Crippen LogP contribution in [0, 0.1) is 0 Å². The van der Waals surface area contributed by atoms with Crippen LogP contribution in [0.4, 0.5) is 5.69 Å². The molecule has 35 heavy (non-hydrogen) atoms.